The van der Waals surface area contributed by atoms with Gasteiger partial charge < -0.3 is 19.7 Å². The molecule has 2 atom stereocenters. The summed E-state index contributed by atoms with van der Waals surface area (Å²) in [4.78, 5) is 29.0. The lowest BCUT2D eigenvalue weighted by Gasteiger charge is -2.19. The average molecular weight is 407 g/mol. The smallest absolute Gasteiger partial charge is 0.249 e. The van der Waals surface area contributed by atoms with Crippen LogP contribution >= 0.6 is 11.8 Å². The van der Waals surface area contributed by atoms with Gasteiger partial charge in [0.1, 0.15) is 11.8 Å². The summed E-state index contributed by atoms with van der Waals surface area (Å²) >= 11 is 1.24. The average Bonchev–Trinajstić information content (AvgIpc) is 3.24. The lowest BCUT2D eigenvalue weighted by atomic mass is 10.0. The number of hydrogen-bond acceptors (Lipinski definition) is 8. The first-order valence-electron chi connectivity index (χ1n) is 9.32. The minimum Gasteiger partial charge on any atom is -0.360 e. The van der Waals surface area contributed by atoms with Gasteiger partial charge in [0, 0.05) is 12.0 Å². The Labute approximate surface area is 167 Å². The highest BCUT2D eigenvalue weighted by atomic mass is 32.2. The summed E-state index contributed by atoms with van der Waals surface area (Å²) in [6.45, 7) is 7.44. The zero-order chi connectivity index (χ0) is 20.3. The van der Waals surface area contributed by atoms with Crippen LogP contribution in [0.25, 0.3) is 0 Å². The zero-order valence-electron chi connectivity index (χ0n) is 16.4. The summed E-state index contributed by atoms with van der Waals surface area (Å²) in [6.07, 6.45) is 2.17. The molecule has 28 heavy (non-hydrogen) atoms. The molecule has 0 aliphatic heterocycles. The van der Waals surface area contributed by atoms with E-state index in [2.05, 4.69) is 25.9 Å². The van der Waals surface area contributed by atoms with Crippen LogP contribution in [0.1, 0.15) is 63.0 Å². The van der Waals surface area contributed by atoms with Crippen LogP contribution in [0.4, 0.5) is 5.82 Å². The number of aryl methyl sites for hydroxylation is 1. The maximum absolute atomic E-state index is 12.4. The number of aromatic nitrogens is 3. The van der Waals surface area contributed by atoms with Crippen molar-refractivity contribution in [2.75, 3.05) is 11.1 Å². The molecule has 1 fully saturated rings. The molecular weight excluding hydrogens is 382 g/mol. The lowest BCUT2D eigenvalue weighted by molar-refractivity contribution is -0.119. The second kappa shape index (κ2) is 8.76. The van der Waals surface area contributed by atoms with E-state index in [4.69, 9.17) is 9.05 Å². The maximum Gasteiger partial charge on any atom is 0.249 e. The van der Waals surface area contributed by atoms with Crippen LogP contribution in [0, 0.1) is 12.8 Å². The normalized spacial score (nSPS) is 16.0. The molecule has 2 aromatic rings. The fourth-order valence-electron chi connectivity index (χ4n) is 2.54. The Kier molecular flexibility index (Phi) is 6.38. The van der Waals surface area contributed by atoms with Gasteiger partial charge in [-0.3, -0.25) is 9.59 Å². The molecule has 1 aliphatic carbocycles. The predicted molar refractivity (Wildman–Crippen MR) is 104 cm³/mol. The van der Waals surface area contributed by atoms with Gasteiger partial charge in [0.2, 0.25) is 17.7 Å². The van der Waals surface area contributed by atoms with E-state index in [1.54, 1.807) is 19.9 Å². The van der Waals surface area contributed by atoms with E-state index in [-0.39, 0.29) is 29.5 Å². The Hall–Kier alpha value is -2.36. The van der Waals surface area contributed by atoms with Gasteiger partial charge in [-0.15, -0.1) is 11.8 Å². The lowest BCUT2D eigenvalue weighted by Crippen LogP contribution is -2.34. The first-order chi connectivity index (χ1) is 13.3. The molecule has 2 aromatic heterocycles. The summed E-state index contributed by atoms with van der Waals surface area (Å²) in [7, 11) is 0. The van der Waals surface area contributed by atoms with Crippen LogP contribution < -0.4 is 10.6 Å². The topological polar surface area (TPSA) is 123 Å². The molecule has 152 valence electrons. The summed E-state index contributed by atoms with van der Waals surface area (Å²) in [5, 5.41) is 12.9. The number of nitrogens with one attached hydrogen (secondary N) is 2. The van der Waals surface area contributed by atoms with Crippen molar-refractivity contribution in [3.8, 4) is 0 Å². The van der Waals surface area contributed by atoms with Gasteiger partial charge in [-0.1, -0.05) is 24.2 Å². The Balaban J connectivity index is 1.49. The quantitative estimate of drug-likeness (QED) is 0.650. The molecule has 2 N–H and O–H groups in total. The SMILES string of the molecule is Cc1cc(NC(=O)C(C)SCC(=O)NC(c2nc(C3CC3)no2)C(C)C)no1. The number of nitrogens with zero attached hydrogens (tertiary/aromatic N) is 3. The Morgan fingerprint density at radius 2 is 2.00 bits per heavy atom. The standard InChI is InChI=1S/C18H25N5O4S/c1-9(2)15(18-21-16(23-27-18)12-5-6-12)20-14(24)8-28-11(4)17(25)19-13-7-10(3)26-22-13/h7,9,11-12,15H,5-6,8H2,1-4H3,(H,20,24)(H,19,22,25). The molecule has 2 unspecified atom stereocenters. The summed E-state index contributed by atoms with van der Waals surface area (Å²) < 4.78 is 10.3. The third-order valence-corrected chi connectivity index (χ3v) is 5.50. The Morgan fingerprint density at radius 3 is 2.61 bits per heavy atom. The number of hydrogen-bond donors (Lipinski definition) is 2. The largest absolute Gasteiger partial charge is 0.360 e. The first kappa shape index (κ1) is 20.4. The minimum absolute atomic E-state index is 0.0950. The van der Waals surface area contributed by atoms with E-state index < -0.39 is 5.25 Å². The third kappa shape index (κ3) is 5.34. The molecule has 0 radical (unpaired) electrons. The van der Waals surface area contributed by atoms with Gasteiger partial charge in [-0.25, -0.2) is 0 Å². The number of carbonyl (C=O) groups is 2. The molecule has 0 bridgehead atoms. The van der Waals surface area contributed by atoms with Gasteiger partial charge in [0.25, 0.3) is 0 Å². The van der Waals surface area contributed by atoms with E-state index in [0.717, 1.165) is 18.7 Å². The van der Waals surface area contributed by atoms with Crippen molar-refractivity contribution in [1.82, 2.24) is 20.6 Å². The minimum atomic E-state index is -0.426. The Bertz CT molecular complexity index is 830. The molecule has 2 heterocycles. The van der Waals surface area contributed by atoms with Crippen molar-refractivity contribution < 1.29 is 18.6 Å². The number of thioether (sulfide) groups is 1. The van der Waals surface area contributed by atoms with E-state index in [1.165, 1.54) is 11.8 Å². The monoisotopic (exact) mass is 407 g/mol. The van der Waals surface area contributed by atoms with Gasteiger partial charge in [0.15, 0.2) is 11.6 Å². The molecule has 0 aromatic carbocycles. The highest BCUT2D eigenvalue weighted by molar-refractivity contribution is 8.01. The molecule has 3 rings (SSSR count). The number of anilines is 1. The molecule has 0 saturated heterocycles. The van der Waals surface area contributed by atoms with Crippen LogP contribution in [0.3, 0.4) is 0 Å². The number of amides is 2. The van der Waals surface area contributed by atoms with Gasteiger partial charge in [-0.05, 0) is 32.6 Å². The predicted octanol–water partition coefficient (Wildman–Crippen LogP) is 2.82. The highest BCUT2D eigenvalue weighted by Gasteiger charge is 2.31. The van der Waals surface area contributed by atoms with Crippen molar-refractivity contribution in [3.05, 3.63) is 23.5 Å². The fraction of sp³-hybridized carbons (Fsp3) is 0.611. The van der Waals surface area contributed by atoms with Crippen molar-refractivity contribution in [2.24, 2.45) is 5.92 Å². The molecule has 1 aliphatic rings. The Morgan fingerprint density at radius 1 is 1.25 bits per heavy atom. The van der Waals surface area contributed by atoms with Crippen LogP contribution in [0.5, 0.6) is 0 Å². The van der Waals surface area contributed by atoms with Crippen LogP contribution in [0.15, 0.2) is 15.1 Å². The molecule has 10 heteroatoms. The fourth-order valence-corrected chi connectivity index (χ4v) is 3.23. The summed E-state index contributed by atoms with van der Waals surface area (Å²) in [6, 6.07) is 1.28. The molecule has 1 saturated carbocycles. The van der Waals surface area contributed by atoms with Crippen LogP contribution in [-0.2, 0) is 9.59 Å². The van der Waals surface area contributed by atoms with E-state index in [1.807, 2.05) is 13.8 Å². The van der Waals surface area contributed by atoms with Crippen molar-refractivity contribution >= 4 is 29.4 Å². The van der Waals surface area contributed by atoms with Crippen molar-refractivity contribution in [1.29, 1.82) is 0 Å². The zero-order valence-corrected chi connectivity index (χ0v) is 17.2. The van der Waals surface area contributed by atoms with Crippen LogP contribution in [-0.4, -0.2) is 38.1 Å². The van der Waals surface area contributed by atoms with Gasteiger partial charge in [-0.2, -0.15) is 4.98 Å². The van der Waals surface area contributed by atoms with Gasteiger partial charge >= 0.3 is 0 Å². The maximum atomic E-state index is 12.4. The van der Waals surface area contributed by atoms with Crippen LogP contribution in [0.2, 0.25) is 0 Å². The molecular formula is C18H25N5O4S. The first-order valence-corrected chi connectivity index (χ1v) is 10.4. The second-order valence-corrected chi connectivity index (χ2v) is 8.65. The van der Waals surface area contributed by atoms with E-state index >= 15 is 0 Å². The highest BCUT2D eigenvalue weighted by Crippen LogP contribution is 2.38. The van der Waals surface area contributed by atoms with E-state index in [9.17, 15) is 9.59 Å². The molecule has 2 amide bonds. The van der Waals surface area contributed by atoms with E-state index in [0.29, 0.717) is 23.4 Å². The number of carbonyl (C=O) groups excluding carboxylic acids is 2. The van der Waals surface area contributed by atoms with Crippen molar-refractivity contribution in [2.45, 2.75) is 57.7 Å². The molecule has 0 spiro atoms. The summed E-state index contributed by atoms with van der Waals surface area (Å²) in [5.74, 6) is 2.33. The number of rotatable bonds is 9. The molecule has 9 nitrogen and oxygen atoms in total. The second-order valence-electron chi connectivity index (χ2n) is 7.32. The van der Waals surface area contributed by atoms with Gasteiger partial charge in [0.05, 0.1) is 11.0 Å². The third-order valence-electron chi connectivity index (χ3n) is 4.36. The van der Waals surface area contributed by atoms with Crippen molar-refractivity contribution in [3.63, 3.8) is 0 Å². The summed E-state index contributed by atoms with van der Waals surface area (Å²) in [5.41, 5.74) is 0.